The molecule has 0 aliphatic rings. The number of aromatic nitrogens is 2. The van der Waals surface area contributed by atoms with E-state index in [0.29, 0.717) is 16.7 Å². The molecule has 2 aromatic rings. The summed E-state index contributed by atoms with van der Waals surface area (Å²) in [5, 5.41) is 0.411. The van der Waals surface area contributed by atoms with E-state index in [1.165, 1.54) is 0 Å². The van der Waals surface area contributed by atoms with Gasteiger partial charge in [0.05, 0.1) is 16.7 Å². The molecular formula is C11H12N2O4S. The molecule has 0 amide bonds. The first-order valence-electron chi connectivity index (χ1n) is 5.35. The summed E-state index contributed by atoms with van der Waals surface area (Å²) >= 11 is -1.59. The minimum Gasteiger partial charge on any atom is -0.265 e. The molecule has 1 heterocycles. The Balaban J connectivity index is 2.44. The van der Waals surface area contributed by atoms with E-state index < -0.39 is 16.6 Å². The molecule has 18 heavy (non-hydrogen) atoms. The molecular weight excluding hydrogens is 256 g/mol. The molecule has 0 bridgehead atoms. The average molecular weight is 268 g/mol. The largest absolute Gasteiger partial charge is 0.297 e. The van der Waals surface area contributed by atoms with Crippen LogP contribution in [-0.2, 0) is 15.4 Å². The molecule has 0 aliphatic heterocycles. The van der Waals surface area contributed by atoms with Crippen LogP contribution in [-0.4, -0.2) is 19.7 Å². The summed E-state index contributed by atoms with van der Waals surface area (Å²) in [6, 6.07) is 6.90. The van der Waals surface area contributed by atoms with E-state index in [0.717, 1.165) is 4.73 Å². The van der Waals surface area contributed by atoms with Crippen LogP contribution in [0.5, 0.6) is 0 Å². The maximum Gasteiger partial charge on any atom is 0.297 e. The Morgan fingerprint density at radius 1 is 1.39 bits per heavy atom. The van der Waals surface area contributed by atoms with Crippen LogP contribution in [0.1, 0.15) is 12.7 Å². The lowest BCUT2D eigenvalue weighted by molar-refractivity contribution is -0.204. The van der Waals surface area contributed by atoms with Crippen molar-refractivity contribution in [2.75, 3.05) is 5.75 Å². The quantitative estimate of drug-likeness (QED) is 0.604. The van der Waals surface area contributed by atoms with Crippen molar-refractivity contribution in [3.63, 3.8) is 0 Å². The number of para-hydroxylation sites is 1. The lowest BCUT2D eigenvalue weighted by Gasteiger charge is -2.08. The predicted molar refractivity (Wildman–Crippen MR) is 67.1 cm³/mol. The van der Waals surface area contributed by atoms with Crippen LogP contribution >= 0.6 is 0 Å². The van der Waals surface area contributed by atoms with Crippen LogP contribution in [0.25, 0.3) is 10.9 Å². The van der Waals surface area contributed by atoms with E-state index in [-0.39, 0.29) is 5.75 Å². The first-order chi connectivity index (χ1) is 8.63. The first kappa shape index (κ1) is 12.7. The van der Waals surface area contributed by atoms with Gasteiger partial charge in [0.15, 0.2) is 5.82 Å². The molecule has 0 radical (unpaired) electrons. The number of nitrogens with zero attached hydrogens (tertiary/aromatic N) is 2. The van der Waals surface area contributed by atoms with Crippen LogP contribution in [0.4, 0.5) is 0 Å². The number of benzene rings is 1. The Bertz CT molecular complexity index is 653. The van der Waals surface area contributed by atoms with Gasteiger partial charge in [0, 0.05) is 0 Å². The molecule has 1 atom stereocenters. The van der Waals surface area contributed by atoms with Crippen molar-refractivity contribution in [1.82, 2.24) is 9.71 Å². The molecule has 0 aliphatic carbocycles. The molecule has 1 aromatic heterocycles. The monoisotopic (exact) mass is 268 g/mol. The van der Waals surface area contributed by atoms with Crippen LogP contribution in [0.2, 0.25) is 0 Å². The van der Waals surface area contributed by atoms with Crippen molar-refractivity contribution in [3.05, 3.63) is 40.4 Å². The van der Waals surface area contributed by atoms with E-state index in [2.05, 4.69) is 9.32 Å². The highest BCUT2D eigenvalue weighted by Crippen LogP contribution is 2.06. The maximum atomic E-state index is 12.1. The van der Waals surface area contributed by atoms with Gasteiger partial charge in [0.25, 0.3) is 5.56 Å². The zero-order chi connectivity index (χ0) is 13.1. The molecule has 2 rings (SSSR count). The van der Waals surface area contributed by atoms with Gasteiger partial charge in [0.1, 0.15) is 0 Å². The summed E-state index contributed by atoms with van der Waals surface area (Å²) in [6.07, 6.45) is 0. The summed E-state index contributed by atoms with van der Waals surface area (Å²) in [7, 11) is 0. The van der Waals surface area contributed by atoms with Crippen molar-refractivity contribution in [1.29, 1.82) is 0 Å². The molecule has 96 valence electrons. The van der Waals surface area contributed by atoms with Gasteiger partial charge < -0.3 is 0 Å². The smallest absolute Gasteiger partial charge is 0.265 e. The summed E-state index contributed by atoms with van der Waals surface area (Å²) in [5.74, 6) is 0.598. The van der Waals surface area contributed by atoms with Crippen LogP contribution in [0, 0.1) is 6.92 Å². The number of fused-ring (bicyclic) bond motifs is 1. The third-order valence-corrected chi connectivity index (χ3v) is 3.00. The molecule has 0 spiro atoms. The van der Waals surface area contributed by atoms with E-state index >= 15 is 0 Å². The Hall–Kier alpha value is -1.73. The van der Waals surface area contributed by atoms with Crippen molar-refractivity contribution in [2.45, 2.75) is 13.8 Å². The highest BCUT2D eigenvalue weighted by atomic mass is 32.2. The van der Waals surface area contributed by atoms with Crippen LogP contribution < -0.4 is 10.5 Å². The molecule has 6 nitrogen and oxygen atoms in total. The minimum atomic E-state index is -1.59. The predicted octanol–water partition coefficient (Wildman–Crippen LogP) is 0.749. The van der Waals surface area contributed by atoms with Gasteiger partial charge in [-0.3, -0.25) is 4.79 Å². The van der Waals surface area contributed by atoms with Crippen molar-refractivity contribution >= 4 is 22.0 Å². The van der Waals surface area contributed by atoms with Gasteiger partial charge >= 0.3 is 0 Å². The average Bonchev–Trinajstić information content (AvgIpc) is 2.38. The van der Waals surface area contributed by atoms with Crippen LogP contribution in [0.15, 0.2) is 29.1 Å². The standard InChI is InChI=1S/C11H12N2O4S/c1-3-18(15)17-16-13-8(2)12-10-7-5-4-6-9(10)11(13)14/h4-7H,3H2,1-2H3. The van der Waals surface area contributed by atoms with E-state index in [9.17, 15) is 9.00 Å². The second-order valence-corrected chi connectivity index (χ2v) is 4.83. The van der Waals surface area contributed by atoms with E-state index in [1.807, 2.05) is 0 Å². The molecule has 7 heteroatoms. The fourth-order valence-electron chi connectivity index (χ4n) is 1.43. The topological polar surface area (TPSA) is 70.4 Å². The molecule has 0 saturated heterocycles. The van der Waals surface area contributed by atoms with E-state index in [1.54, 1.807) is 38.1 Å². The van der Waals surface area contributed by atoms with Gasteiger partial charge in [-0.2, -0.15) is 0 Å². The number of hydrogen-bond acceptors (Lipinski definition) is 5. The number of aryl methyl sites for hydroxylation is 1. The highest BCUT2D eigenvalue weighted by Gasteiger charge is 2.10. The Kier molecular flexibility index (Phi) is 3.73. The highest BCUT2D eigenvalue weighted by molar-refractivity contribution is 7.80. The maximum absolute atomic E-state index is 12.1. The zero-order valence-electron chi connectivity index (χ0n) is 9.95. The van der Waals surface area contributed by atoms with Gasteiger partial charge in [-0.15, -0.1) is 0 Å². The fraction of sp³-hybridized carbons (Fsp3) is 0.273. The molecule has 1 aromatic carbocycles. The number of rotatable bonds is 4. The summed E-state index contributed by atoms with van der Waals surface area (Å²) in [4.78, 5) is 21.0. The van der Waals surface area contributed by atoms with Crippen molar-refractivity contribution < 1.29 is 13.5 Å². The molecule has 0 fully saturated rings. The fourth-order valence-corrected chi connectivity index (χ4v) is 1.65. The SMILES string of the molecule is CCS(=O)OOn1c(C)nc2ccccc2c1=O. The van der Waals surface area contributed by atoms with Gasteiger partial charge in [-0.1, -0.05) is 28.1 Å². The lowest BCUT2D eigenvalue weighted by atomic mass is 10.2. The van der Waals surface area contributed by atoms with Crippen molar-refractivity contribution in [3.8, 4) is 0 Å². The second kappa shape index (κ2) is 5.28. The number of hydrogen-bond donors (Lipinski definition) is 0. The van der Waals surface area contributed by atoms with Gasteiger partial charge in [-0.25, -0.2) is 14.2 Å². The van der Waals surface area contributed by atoms with E-state index in [4.69, 9.17) is 4.99 Å². The van der Waals surface area contributed by atoms with Gasteiger partial charge in [-0.05, 0) is 19.1 Å². The summed E-state index contributed by atoms with van der Waals surface area (Å²) in [6.45, 7) is 3.28. The molecule has 0 N–H and O–H groups in total. The normalized spacial score (nSPS) is 12.6. The zero-order valence-corrected chi connectivity index (χ0v) is 10.8. The third kappa shape index (κ3) is 2.41. The Morgan fingerprint density at radius 2 is 2.11 bits per heavy atom. The second-order valence-electron chi connectivity index (χ2n) is 3.51. The Morgan fingerprint density at radius 3 is 2.83 bits per heavy atom. The summed E-state index contributed by atoms with van der Waals surface area (Å²) in [5.41, 5.74) is 0.183. The van der Waals surface area contributed by atoms with Gasteiger partial charge in [0.2, 0.25) is 11.1 Å². The van der Waals surface area contributed by atoms with Crippen LogP contribution in [0.3, 0.4) is 0 Å². The van der Waals surface area contributed by atoms with Crippen molar-refractivity contribution in [2.24, 2.45) is 0 Å². The Labute approximate surface area is 106 Å². The third-order valence-electron chi connectivity index (χ3n) is 2.31. The molecule has 0 saturated carbocycles. The lowest BCUT2D eigenvalue weighted by Crippen LogP contribution is -2.30. The molecule has 1 unspecified atom stereocenters. The minimum absolute atomic E-state index is 0.273. The summed E-state index contributed by atoms with van der Waals surface area (Å²) < 4.78 is 16.6. The first-order valence-corrected chi connectivity index (χ1v) is 6.60.